The lowest BCUT2D eigenvalue weighted by Crippen LogP contribution is -2.33. The van der Waals surface area contributed by atoms with Crippen molar-refractivity contribution in [3.05, 3.63) is 70.6 Å². The summed E-state index contributed by atoms with van der Waals surface area (Å²) in [7, 11) is 0. The van der Waals surface area contributed by atoms with E-state index in [9.17, 15) is 14.7 Å². The smallest absolute Gasteiger partial charge is 0.335 e. The molecule has 2 aliphatic rings. The van der Waals surface area contributed by atoms with Crippen LogP contribution in [0.1, 0.15) is 60.4 Å². The Morgan fingerprint density at radius 3 is 2.29 bits per heavy atom. The number of thioether (sulfide) groups is 1. The van der Waals surface area contributed by atoms with E-state index in [1.807, 2.05) is 18.4 Å². The standard InChI is InChI=1S/C33H39N3O4S/c1-6-35(7-2)22-11-13-24-30(19-22)40-32-25(14-15-28(27(32)20-34)36(8-3)9-4)31(24)23-12-10-21(33(38)39)18-26(23)29(37)16-17-41-5/h10-15,18-19H,6-9,16-17,20,34H2,1-5H3/p+1. The van der Waals surface area contributed by atoms with E-state index in [4.69, 9.17) is 10.2 Å². The summed E-state index contributed by atoms with van der Waals surface area (Å²) < 4.78 is 8.96. The summed E-state index contributed by atoms with van der Waals surface area (Å²) in [5, 5.41) is 11.6. The van der Waals surface area contributed by atoms with Gasteiger partial charge in [-0.3, -0.25) is 4.79 Å². The van der Waals surface area contributed by atoms with E-state index in [0.29, 0.717) is 34.6 Å². The van der Waals surface area contributed by atoms with Crippen LogP contribution in [0.3, 0.4) is 0 Å². The van der Waals surface area contributed by atoms with Gasteiger partial charge in [0.15, 0.2) is 5.78 Å². The first-order valence-corrected chi connectivity index (χ1v) is 15.7. The van der Waals surface area contributed by atoms with Gasteiger partial charge in [-0.25, -0.2) is 9.37 Å². The van der Waals surface area contributed by atoms with Gasteiger partial charge in [-0.05, 0) is 69.8 Å². The highest BCUT2D eigenvalue weighted by molar-refractivity contribution is 7.98. The van der Waals surface area contributed by atoms with Crippen molar-refractivity contribution in [3.8, 4) is 22.5 Å². The molecule has 4 rings (SSSR count). The van der Waals surface area contributed by atoms with Crippen LogP contribution in [0, 0.1) is 0 Å². The molecule has 0 unspecified atom stereocenters. The van der Waals surface area contributed by atoms with E-state index < -0.39 is 5.97 Å². The molecule has 0 saturated heterocycles. The minimum atomic E-state index is -1.06. The summed E-state index contributed by atoms with van der Waals surface area (Å²) in [5.41, 5.74) is 11.9. The average Bonchev–Trinajstić information content (AvgIpc) is 2.99. The van der Waals surface area contributed by atoms with Crippen LogP contribution in [0.5, 0.6) is 0 Å². The second-order valence-corrected chi connectivity index (χ2v) is 10.9. The fraction of sp³-hybridized carbons (Fsp3) is 0.364. The molecule has 8 heteroatoms. The molecule has 0 spiro atoms. The van der Waals surface area contributed by atoms with E-state index in [2.05, 4.69) is 55.4 Å². The van der Waals surface area contributed by atoms with Crippen LogP contribution >= 0.6 is 11.8 Å². The average molecular weight is 575 g/mol. The van der Waals surface area contributed by atoms with Crippen LogP contribution in [0.4, 0.5) is 5.69 Å². The Morgan fingerprint density at radius 1 is 0.976 bits per heavy atom. The molecule has 2 aromatic rings. The van der Waals surface area contributed by atoms with E-state index >= 15 is 0 Å². The number of carboxylic acid groups (broad SMARTS) is 1. The first kappa shape index (κ1) is 30.3. The van der Waals surface area contributed by atoms with Crippen LogP contribution in [0.15, 0.2) is 52.9 Å². The molecule has 0 saturated carbocycles. The number of hydrogen-bond donors (Lipinski definition) is 2. The molecule has 0 bridgehead atoms. The van der Waals surface area contributed by atoms with Crippen LogP contribution in [0.25, 0.3) is 33.4 Å². The molecule has 0 aromatic heterocycles. The number of hydrogen-bond acceptors (Lipinski definition) is 6. The third-order valence-corrected chi connectivity index (χ3v) is 8.37. The maximum atomic E-state index is 13.5. The Morgan fingerprint density at radius 2 is 1.68 bits per heavy atom. The van der Waals surface area contributed by atoms with Gasteiger partial charge in [-0.2, -0.15) is 11.8 Å². The number of anilines is 1. The van der Waals surface area contributed by atoms with Crippen molar-refractivity contribution in [2.24, 2.45) is 5.73 Å². The Labute approximate surface area is 246 Å². The summed E-state index contributed by atoms with van der Waals surface area (Å²) in [6.07, 6.45) is 2.27. The number of carbonyl (C=O) groups is 2. The molecule has 2 aromatic carbocycles. The number of carbonyl (C=O) groups excluding carboxylic acids is 1. The van der Waals surface area contributed by atoms with Crippen LogP contribution in [-0.4, -0.2) is 55.0 Å². The predicted molar refractivity (Wildman–Crippen MR) is 170 cm³/mol. The Kier molecular flexibility index (Phi) is 9.89. The number of nitrogens with zero attached hydrogens (tertiary/aromatic N) is 2. The molecule has 0 atom stereocenters. The zero-order chi connectivity index (χ0) is 29.7. The molecule has 0 amide bonds. The number of fused-ring (bicyclic) bond motifs is 2. The number of benzene rings is 3. The lowest BCUT2D eigenvalue weighted by atomic mass is 9.87. The van der Waals surface area contributed by atoms with Gasteiger partial charge in [0.2, 0.25) is 5.36 Å². The van der Waals surface area contributed by atoms with Crippen molar-refractivity contribution in [2.75, 3.05) is 43.1 Å². The summed E-state index contributed by atoms with van der Waals surface area (Å²) in [6.45, 7) is 12.1. The maximum Gasteiger partial charge on any atom is 0.335 e. The van der Waals surface area contributed by atoms with Crippen molar-refractivity contribution in [3.63, 3.8) is 0 Å². The number of nitrogens with two attached hydrogens (primary N) is 1. The third kappa shape index (κ3) is 5.90. The van der Waals surface area contributed by atoms with E-state index in [-0.39, 0.29) is 17.9 Å². The molecule has 0 fully saturated rings. The molecule has 3 N–H and O–H groups in total. The van der Waals surface area contributed by atoms with Crippen LogP contribution < -0.4 is 20.6 Å². The minimum Gasteiger partial charge on any atom is -0.478 e. The normalized spacial score (nSPS) is 11.3. The Balaban J connectivity index is 2.18. The van der Waals surface area contributed by atoms with Crippen molar-refractivity contribution < 1.29 is 19.1 Å². The topological polar surface area (TPSA) is 99.8 Å². The summed E-state index contributed by atoms with van der Waals surface area (Å²) in [5.74, 6) is 0.185. The van der Waals surface area contributed by atoms with Gasteiger partial charge in [-0.15, -0.1) is 0 Å². The first-order chi connectivity index (χ1) is 19.8. The number of Topliss-reactive ketones (excluding diaryl/α,β-unsaturated/α-hetero) is 1. The molecule has 1 heterocycles. The van der Waals surface area contributed by atoms with E-state index in [0.717, 1.165) is 59.3 Å². The van der Waals surface area contributed by atoms with E-state index in [1.54, 1.807) is 23.9 Å². The second-order valence-electron chi connectivity index (χ2n) is 9.88. The maximum absolute atomic E-state index is 13.5. The number of rotatable bonds is 12. The number of ketones is 1. The Bertz CT molecular complexity index is 1620. The number of aromatic carboxylic acids is 1. The monoisotopic (exact) mass is 574 g/mol. The fourth-order valence-corrected chi connectivity index (χ4v) is 5.97. The van der Waals surface area contributed by atoms with Crippen LogP contribution in [0.2, 0.25) is 0 Å². The molecule has 0 radical (unpaired) electrons. The zero-order valence-corrected chi connectivity index (χ0v) is 25.4. The van der Waals surface area contributed by atoms with Gasteiger partial charge in [0.25, 0.3) is 0 Å². The van der Waals surface area contributed by atoms with Gasteiger partial charge in [-0.1, -0.05) is 6.07 Å². The lowest BCUT2D eigenvalue weighted by molar-refractivity contribution is 0.0697. The highest BCUT2D eigenvalue weighted by Crippen LogP contribution is 2.43. The van der Waals surface area contributed by atoms with Crippen molar-refractivity contribution >= 4 is 40.2 Å². The lowest BCUT2D eigenvalue weighted by Gasteiger charge is -2.23. The highest BCUT2D eigenvalue weighted by Gasteiger charge is 2.26. The summed E-state index contributed by atoms with van der Waals surface area (Å²) in [4.78, 5) is 27.7. The Hall–Kier alpha value is -3.62. The molecule has 1 aliphatic carbocycles. The molecule has 41 heavy (non-hydrogen) atoms. The van der Waals surface area contributed by atoms with Gasteiger partial charge in [0.05, 0.1) is 11.1 Å². The predicted octanol–water partition coefficient (Wildman–Crippen LogP) is 5.96. The van der Waals surface area contributed by atoms with Crippen molar-refractivity contribution in [1.29, 1.82) is 0 Å². The highest BCUT2D eigenvalue weighted by atomic mass is 32.2. The molecule has 216 valence electrons. The third-order valence-electron chi connectivity index (χ3n) is 7.76. The fourth-order valence-electron chi connectivity index (χ4n) is 5.58. The van der Waals surface area contributed by atoms with Gasteiger partial charge in [0, 0.05) is 71.7 Å². The molecular formula is C33H40N3O4S+. The molecule has 1 aliphatic heterocycles. The van der Waals surface area contributed by atoms with Gasteiger partial charge < -0.3 is 20.2 Å². The minimum absolute atomic E-state index is 0.0851. The first-order valence-electron chi connectivity index (χ1n) is 14.3. The van der Waals surface area contributed by atoms with Crippen LogP contribution in [-0.2, 0) is 6.54 Å². The zero-order valence-electron chi connectivity index (χ0n) is 24.6. The van der Waals surface area contributed by atoms with E-state index in [1.165, 1.54) is 6.07 Å². The van der Waals surface area contributed by atoms with Gasteiger partial charge in [0.1, 0.15) is 24.4 Å². The van der Waals surface area contributed by atoms with Crippen molar-refractivity contribution in [2.45, 2.75) is 40.7 Å². The largest absolute Gasteiger partial charge is 0.478 e. The van der Waals surface area contributed by atoms with Crippen molar-refractivity contribution in [1.82, 2.24) is 4.58 Å². The number of carboxylic acids is 1. The summed E-state index contributed by atoms with van der Waals surface area (Å²) >= 11 is 1.59. The molecule has 7 nitrogen and oxygen atoms in total. The molecular weight excluding hydrogens is 534 g/mol. The summed E-state index contributed by atoms with van der Waals surface area (Å²) in [6, 6.07) is 15.1. The second kappa shape index (κ2) is 13.4. The SMILES string of the molecule is CCN(CC)c1ccc2c(-c3ccc(C(=O)O)cc3C(=O)CCSC)c3ccc(=[N+](CC)CC)c(CN)c-3oc2c1. The quantitative estimate of drug-likeness (QED) is 0.122. The van der Waals surface area contributed by atoms with Gasteiger partial charge >= 0.3 is 5.97 Å².